The zero-order valence-corrected chi connectivity index (χ0v) is 9.60. The molecule has 0 aromatic carbocycles. The molecule has 2 rings (SSSR count). The van der Waals surface area contributed by atoms with Crippen molar-refractivity contribution < 1.29 is 4.42 Å². The molecular weight excluding hydrogens is 204 g/mol. The van der Waals surface area contributed by atoms with Gasteiger partial charge >= 0.3 is 0 Å². The molecule has 0 atom stereocenters. The molecule has 0 unspecified atom stereocenters. The van der Waals surface area contributed by atoms with Crippen molar-refractivity contribution in [1.82, 2.24) is 20.1 Å². The largest absolute Gasteiger partial charge is 0.469 e. The van der Waals surface area contributed by atoms with Crippen LogP contribution >= 0.6 is 0 Å². The molecule has 16 heavy (non-hydrogen) atoms. The summed E-state index contributed by atoms with van der Waals surface area (Å²) in [5, 5.41) is 11.4. The smallest absolute Gasteiger partial charge is 0.146 e. The summed E-state index contributed by atoms with van der Waals surface area (Å²) in [6.07, 6.45) is 2.59. The van der Waals surface area contributed by atoms with E-state index >= 15 is 0 Å². The predicted octanol–water partition coefficient (Wildman–Crippen LogP) is 1.05. The minimum Gasteiger partial charge on any atom is -0.469 e. The van der Waals surface area contributed by atoms with Crippen molar-refractivity contribution in [3.63, 3.8) is 0 Å². The SMILES string of the molecule is Cc1nnc(CNCCc2ccco2)n1C. The van der Waals surface area contributed by atoms with Crippen LogP contribution in [0.3, 0.4) is 0 Å². The van der Waals surface area contributed by atoms with Crippen molar-refractivity contribution >= 4 is 0 Å². The predicted molar refractivity (Wildman–Crippen MR) is 59.9 cm³/mol. The molecule has 0 bridgehead atoms. The zero-order chi connectivity index (χ0) is 11.4. The Balaban J connectivity index is 1.74. The summed E-state index contributed by atoms with van der Waals surface area (Å²) < 4.78 is 7.23. The number of hydrogen-bond donors (Lipinski definition) is 1. The van der Waals surface area contributed by atoms with Gasteiger partial charge in [0.2, 0.25) is 0 Å². The standard InChI is InChI=1S/C11H16N4O/c1-9-13-14-11(15(9)2)8-12-6-5-10-4-3-7-16-10/h3-4,7,12H,5-6,8H2,1-2H3. The third kappa shape index (κ3) is 2.49. The van der Waals surface area contributed by atoms with E-state index < -0.39 is 0 Å². The van der Waals surface area contributed by atoms with Gasteiger partial charge in [-0.2, -0.15) is 0 Å². The Morgan fingerprint density at radius 2 is 2.31 bits per heavy atom. The highest BCUT2D eigenvalue weighted by molar-refractivity contribution is 4.98. The van der Waals surface area contributed by atoms with Gasteiger partial charge in [0.1, 0.15) is 17.4 Å². The van der Waals surface area contributed by atoms with Crippen LogP contribution in [0.4, 0.5) is 0 Å². The second-order valence-electron chi connectivity index (χ2n) is 3.73. The first-order valence-electron chi connectivity index (χ1n) is 5.35. The summed E-state index contributed by atoms with van der Waals surface area (Å²) in [4.78, 5) is 0. The van der Waals surface area contributed by atoms with Gasteiger partial charge in [-0.05, 0) is 19.1 Å². The molecule has 86 valence electrons. The van der Waals surface area contributed by atoms with Crippen molar-refractivity contribution in [2.45, 2.75) is 19.9 Å². The fourth-order valence-corrected chi connectivity index (χ4v) is 1.47. The Hall–Kier alpha value is -1.62. The monoisotopic (exact) mass is 220 g/mol. The fraction of sp³-hybridized carbons (Fsp3) is 0.455. The van der Waals surface area contributed by atoms with Crippen LogP contribution in [0.1, 0.15) is 17.4 Å². The molecule has 5 nitrogen and oxygen atoms in total. The lowest BCUT2D eigenvalue weighted by Crippen LogP contribution is -2.19. The highest BCUT2D eigenvalue weighted by Crippen LogP contribution is 2.00. The Labute approximate surface area is 94.5 Å². The molecule has 0 saturated heterocycles. The number of aromatic nitrogens is 3. The molecule has 2 aromatic heterocycles. The van der Waals surface area contributed by atoms with E-state index in [1.807, 2.05) is 30.7 Å². The van der Waals surface area contributed by atoms with Gasteiger partial charge in [-0.3, -0.25) is 0 Å². The van der Waals surface area contributed by atoms with Crippen LogP contribution in [-0.2, 0) is 20.0 Å². The number of hydrogen-bond acceptors (Lipinski definition) is 4. The van der Waals surface area contributed by atoms with Crippen LogP contribution in [-0.4, -0.2) is 21.3 Å². The molecule has 1 N–H and O–H groups in total. The van der Waals surface area contributed by atoms with E-state index in [-0.39, 0.29) is 0 Å². The highest BCUT2D eigenvalue weighted by Gasteiger charge is 2.03. The van der Waals surface area contributed by atoms with Gasteiger partial charge in [-0.15, -0.1) is 10.2 Å². The lowest BCUT2D eigenvalue weighted by molar-refractivity contribution is 0.496. The van der Waals surface area contributed by atoms with E-state index in [9.17, 15) is 0 Å². The molecule has 0 fully saturated rings. The Morgan fingerprint density at radius 3 is 2.94 bits per heavy atom. The lowest BCUT2D eigenvalue weighted by Gasteiger charge is -2.03. The third-order valence-electron chi connectivity index (χ3n) is 2.59. The van der Waals surface area contributed by atoms with Crippen LogP contribution in [0.2, 0.25) is 0 Å². The Kier molecular flexibility index (Phi) is 3.36. The molecule has 0 aliphatic heterocycles. The molecule has 5 heteroatoms. The van der Waals surface area contributed by atoms with Crippen molar-refractivity contribution in [1.29, 1.82) is 0 Å². The van der Waals surface area contributed by atoms with Crippen molar-refractivity contribution in [2.75, 3.05) is 6.54 Å². The minimum absolute atomic E-state index is 0.734. The zero-order valence-electron chi connectivity index (χ0n) is 9.60. The molecule has 0 radical (unpaired) electrons. The van der Waals surface area contributed by atoms with Crippen LogP contribution in [0.25, 0.3) is 0 Å². The molecular formula is C11H16N4O. The molecule has 0 spiro atoms. The van der Waals surface area contributed by atoms with Crippen molar-refractivity contribution in [3.8, 4) is 0 Å². The van der Waals surface area contributed by atoms with Gasteiger partial charge in [0.25, 0.3) is 0 Å². The second-order valence-corrected chi connectivity index (χ2v) is 3.73. The van der Waals surface area contributed by atoms with E-state index in [1.165, 1.54) is 0 Å². The highest BCUT2D eigenvalue weighted by atomic mass is 16.3. The van der Waals surface area contributed by atoms with Crippen LogP contribution in [0, 0.1) is 6.92 Å². The molecule has 2 aromatic rings. The van der Waals surface area contributed by atoms with Crippen LogP contribution in [0.5, 0.6) is 0 Å². The molecule has 0 saturated carbocycles. The molecule has 0 aliphatic rings. The summed E-state index contributed by atoms with van der Waals surface area (Å²) >= 11 is 0. The van der Waals surface area contributed by atoms with Gasteiger partial charge in [-0.25, -0.2) is 0 Å². The minimum atomic E-state index is 0.734. The topological polar surface area (TPSA) is 55.9 Å². The summed E-state index contributed by atoms with van der Waals surface area (Å²) in [5.74, 6) is 2.89. The summed E-state index contributed by atoms with van der Waals surface area (Å²) in [7, 11) is 1.97. The lowest BCUT2D eigenvalue weighted by atomic mass is 10.3. The van der Waals surface area contributed by atoms with E-state index in [1.54, 1.807) is 6.26 Å². The molecule has 0 aliphatic carbocycles. The third-order valence-corrected chi connectivity index (χ3v) is 2.59. The average Bonchev–Trinajstić information content (AvgIpc) is 2.88. The number of rotatable bonds is 5. The average molecular weight is 220 g/mol. The normalized spacial score (nSPS) is 10.9. The van der Waals surface area contributed by atoms with Gasteiger partial charge in [-0.1, -0.05) is 0 Å². The Morgan fingerprint density at radius 1 is 1.44 bits per heavy atom. The van der Waals surface area contributed by atoms with E-state index in [0.29, 0.717) is 0 Å². The van der Waals surface area contributed by atoms with E-state index in [2.05, 4.69) is 15.5 Å². The van der Waals surface area contributed by atoms with Crippen molar-refractivity contribution in [2.24, 2.45) is 7.05 Å². The fourth-order valence-electron chi connectivity index (χ4n) is 1.47. The van der Waals surface area contributed by atoms with Crippen LogP contribution in [0.15, 0.2) is 22.8 Å². The second kappa shape index (κ2) is 4.94. The van der Waals surface area contributed by atoms with Gasteiger partial charge in [0.15, 0.2) is 0 Å². The summed E-state index contributed by atoms with van der Waals surface area (Å²) in [6.45, 7) is 3.55. The molecule has 2 heterocycles. The summed E-state index contributed by atoms with van der Waals surface area (Å²) in [5.41, 5.74) is 0. The van der Waals surface area contributed by atoms with Gasteiger partial charge < -0.3 is 14.3 Å². The maximum absolute atomic E-state index is 5.24. The first-order chi connectivity index (χ1) is 7.77. The number of nitrogens with zero attached hydrogens (tertiary/aromatic N) is 3. The van der Waals surface area contributed by atoms with E-state index in [4.69, 9.17) is 4.42 Å². The summed E-state index contributed by atoms with van der Waals surface area (Å²) in [6, 6.07) is 3.88. The maximum atomic E-state index is 5.24. The van der Waals surface area contributed by atoms with Crippen molar-refractivity contribution in [3.05, 3.63) is 35.8 Å². The number of nitrogens with one attached hydrogen (secondary N) is 1. The first-order valence-corrected chi connectivity index (χ1v) is 5.35. The first kappa shape index (κ1) is 10.9. The number of furan rings is 1. The quantitative estimate of drug-likeness (QED) is 0.765. The van der Waals surface area contributed by atoms with Crippen LogP contribution < -0.4 is 5.32 Å². The van der Waals surface area contributed by atoms with Gasteiger partial charge in [0, 0.05) is 20.0 Å². The maximum Gasteiger partial charge on any atom is 0.146 e. The van der Waals surface area contributed by atoms with E-state index in [0.717, 1.165) is 36.9 Å². The number of aryl methyl sites for hydroxylation is 1. The van der Waals surface area contributed by atoms with Gasteiger partial charge in [0.05, 0.1) is 12.8 Å². The Bertz CT molecular complexity index is 433. The molecule has 0 amide bonds.